The second kappa shape index (κ2) is 19.0. The van der Waals surface area contributed by atoms with Gasteiger partial charge < -0.3 is 17.2 Å². The molecular weight excluding hydrogens is 507 g/mol. The first kappa shape index (κ1) is 35.8. The average Bonchev–Trinajstić information content (AvgIpc) is 2.92. The molecule has 1 aliphatic carbocycles. The molecule has 5 heteroatoms. The lowest BCUT2D eigenvalue weighted by Crippen LogP contribution is -2.41. The third-order valence-corrected chi connectivity index (χ3v) is 7.13. The fraction of sp³-hybridized carbons (Fsp3) is 0.472. The van der Waals surface area contributed by atoms with Crippen LogP contribution in [0.5, 0.6) is 0 Å². The van der Waals surface area contributed by atoms with Gasteiger partial charge in [0.2, 0.25) is 0 Å². The summed E-state index contributed by atoms with van der Waals surface area (Å²) in [5.41, 5.74) is 23.7. The highest BCUT2D eigenvalue weighted by Gasteiger charge is 2.28. The van der Waals surface area contributed by atoms with Gasteiger partial charge in [0.05, 0.1) is 11.7 Å². The van der Waals surface area contributed by atoms with Crippen molar-refractivity contribution in [1.82, 2.24) is 0 Å². The van der Waals surface area contributed by atoms with E-state index >= 15 is 0 Å². The minimum absolute atomic E-state index is 0.124. The molecule has 4 nitrogen and oxygen atoms in total. The standard InChI is InChI=1S/C24H35FN4.C7H8.C5H12/c1-5-7-20(26)22(23(27)18-10-9-16(3)15-19(18)25)21(8-6-2)29-17-11-13-24(4,28)14-12-17;1-7-5-3-2-4-6-7;1-3-5-4-2/h5,7,9-10,15,17H,1,6,8,11-14,26-28H2,2-4H3;2-6H,1H3;3-5H2,1-2H3/b20-7+,23-22-,29-21?;;. The minimum Gasteiger partial charge on any atom is -0.398 e. The summed E-state index contributed by atoms with van der Waals surface area (Å²) in [6.07, 6.45) is 12.7. The van der Waals surface area contributed by atoms with Crippen molar-refractivity contribution < 1.29 is 4.39 Å². The quantitative estimate of drug-likeness (QED) is 0.210. The van der Waals surface area contributed by atoms with Gasteiger partial charge in [0.15, 0.2) is 0 Å². The van der Waals surface area contributed by atoms with Crippen LogP contribution in [0, 0.1) is 19.7 Å². The highest BCUT2D eigenvalue weighted by Crippen LogP contribution is 2.30. The molecular formula is C36H55FN4. The Labute approximate surface area is 249 Å². The van der Waals surface area contributed by atoms with Crippen molar-refractivity contribution in [2.24, 2.45) is 22.2 Å². The molecule has 0 radical (unpaired) electrons. The molecule has 0 saturated heterocycles. The fourth-order valence-corrected chi connectivity index (χ4v) is 4.65. The molecule has 1 fully saturated rings. The summed E-state index contributed by atoms with van der Waals surface area (Å²) in [6, 6.07) is 15.5. The van der Waals surface area contributed by atoms with Crippen LogP contribution in [0.2, 0.25) is 0 Å². The lowest BCUT2D eigenvalue weighted by Gasteiger charge is -2.33. The summed E-state index contributed by atoms with van der Waals surface area (Å²) in [6.45, 7) is 16.3. The Bertz CT molecular complexity index is 1130. The van der Waals surface area contributed by atoms with Crippen LogP contribution in [-0.4, -0.2) is 17.3 Å². The zero-order valence-electron chi connectivity index (χ0n) is 26.5. The van der Waals surface area contributed by atoms with Crippen LogP contribution in [0.15, 0.2) is 83.5 Å². The number of nitrogens with two attached hydrogens (primary N) is 3. The minimum atomic E-state index is -0.362. The van der Waals surface area contributed by atoms with Gasteiger partial charge in [-0.25, -0.2) is 4.39 Å². The van der Waals surface area contributed by atoms with Crippen LogP contribution in [0.25, 0.3) is 5.70 Å². The second-order valence-corrected chi connectivity index (χ2v) is 11.3. The van der Waals surface area contributed by atoms with Crippen LogP contribution in [0.4, 0.5) is 4.39 Å². The van der Waals surface area contributed by atoms with Gasteiger partial charge in [0.1, 0.15) is 5.82 Å². The van der Waals surface area contributed by atoms with Gasteiger partial charge in [-0.15, -0.1) is 0 Å². The number of nitrogens with zero attached hydrogens (tertiary/aromatic N) is 1. The number of aliphatic imine (C=N–C) groups is 1. The van der Waals surface area contributed by atoms with Crippen molar-refractivity contribution in [3.05, 3.63) is 101 Å². The van der Waals surface area contributed by atoms with E-state index in [0.717, 1.165) is 43.4 Å². The molecule has 6 N–H and O–H groups in total. The SMILES string of the molecule is C=C/C=C(N)\C(C(CCC)=NC1CCC(C)(N)CC1)=C(\N)c1ccc(C)cc1F.CCCCC.Cc1ccccc1. The highest BCUT2D eigenvalue weighted by atomic mass is 19.1. The summed E-state index contributed by atoms with van der Waals surface area (Å²) in [5, 5.41) is 0. The van der Waals surface area contributed by atoms with Crippen molar-refractivity contribution in [3.8, 4) is 0 Å². The number of allylic oxidation sites excluding steroid dienone is 3. The number of aryl methyl sites for hydroxylation is 2. The van der Waals surface area contributed by atoms with E-state index < -0.39 is 0 Å². The van der Waals surface area contributed by atoms with E-state index in [1.165, 1.54) is 30.9 Å². The van der Waals surface area contributed by atoms with Crippen molar-refractivity contribution in [2.75, 3.05) is 0 Å². The number of rotatable bonds is 9. The molecule has 1 aliphatic rings. The van der Waals surface area contributed by atoms with Crippen LogP contribution in [0.3, 0.4) is 0 Å². The van der Waals surface area contributed by atoms with Crippen molar-refractivity contribution in [1.29, 1.82) is 0 Å². The Hall–Kier alpha value is -3.18. The predicted octanol–water partition coefficient (Wildman–Crippen LogP) is 8.93. The Morgan fingerprint density at radius 2 is 1.59 bits per heavy atom. The van der Waals surface area contributed by atoms with Crippen molar-refractivity contribution in [3.63, 3.8) is 0 Å². The molecule has 226 valence electrons. The molecule has 0 amide bonds. The van der Waals surface area contributed by atoms with Gasteiger partial charge in [-0.05, 0) is 76.6 Å². The van der Waals surface area contributed by atoms with E-state index in [4.69, 9.17) is 22.2 Å². The maximum Gasteiger partial charge on any atom is 0.132 e. The van der Waals surface area contributed by atoms with Crippen molar-refractivity contribution in [2.45, 2.75) is 111 Å². The van der Waals surface area contributed by atoms with E-state index in [2.05, 4.69) is 53.3 Å². The predicted molar refractivity (Wildman–Crippen MR) is 178 cm³/mol. The Balaban J connectivity index is 0.000000577. The van der Waals surface area contributed by atoms with Gasteiger partial charge in [-0.2, -0.15) is 0 Å². The van der Waals surface area contributed by atoms with E-state index in [0.29, 0.717) is 29.0 Å². The maximum absolute atomic E-state index is 14.7. The summed E-state index contributed by atoms with van der Waals surface area (Å²) < 4.78 is 14.7. The largest absolute Gasteiger partial charge is 0.398 e. The zero-order valence-corrected chi connectivity index (χ0v) is 26.5. The maximum atomic E-state index is 14.7. The van der Waals surface area contributed by atoms with Crippen LogP contribution in [-0.2, 0) is 0 Å². The fourth-order valence-electron chi connectivity index (χ4n) is 4.65. The van der Waals surface area contributed by atoms with Gasteiger partial charge >= 0.3 is 0 Å². The average molecular weight is 563 g/mol. The molecule has 0 aromatic heterocycles. The first-order chi connectivity index (χ1) is 19.5. The molecule has 0 unspecified atom stereocenters. The Kier molecular flexibility index (Phi) is 16.6. The van der Waals surface area contributed by atoms with Crippen LogP contribution in [0.1, 0.15) is 102 Å². The molecule has 2 aromatic carbocycles. The molecule has 0 bridgehead atoms. The van der Waals surface area contributed by atoms with Gasteiger partial charge in [0, 0.05) is 28.1 Å². The number of halogens is 1. The van der Waals surface area contributed by atoms with Crippen molar-refractivity contribution >= 4 is 11.4 Å². The zero-order chi connectivity index (χ0) is 30.8. The number of hydrogen-bond acceptors (Lipinski definition) is 4. The molecule has 0 atom stereocenters. The third kappa shape index (κ3) is 13.4. The summed E-state index contributed by atoms with van der Waals surface area (Å²) in [7, 11) is 0. The Morgan fingerprint density at radius 1 is 0.976 bits per heavy atom. The molecule has 0 heterocycles. The molecule has 1 saturated carbocycles. The lowest BCUT2D eigenvalue weighted by atomic mass is 9.81. The van der Waals surface area contributed by atoms with Crippen LogP contribution < -0.4 is 17.2 Å². The van der Waals surface area contributed by atoms with Gasteiger partial charge in [0.25, 0.3) is 0 Å². The Morgan fingerprint density at radius 3 is 2.02 bits per heavy atom. The highest BCUT2D eigenvalue weighted by molar-refractivity contribution is 6.09. The summed E-state index contributed by atoms with van der Waals surface area (Å²) in [5.74, 6) is -0.362. The first-order valence-corrected chi connectivity index (χ1v) is 15.2. The third-order valence-electron chi connectivity index (χ3n) is 7.13. The number of benzene rings is 2. The molecule has 3 rings (SSSR count). The van der Waals surface area contributed by atoms with E-state index in [9.17, 15) is 4.39 Å². The van der Waals surface area contributed by atoms with E-state index in [-0.39, 0.29) is 17.4 Å². The normalized spacial score (nSPS) is 19.7. The molecule has 0 aliphatic heterocycles. The monoisotopic (exact) mass is 562 g/mol. The number of hydrogen-bond donors (Lipinski definition) is 3. The molecule has 0 spiro atoms. The summed E-state index contributed by atoms with van der Waals surface area (Å²) in [4.78, 5) is 5.03. The first-order valence-electron chi connectivity index (χ1n) is 15.2. The van der Waals surface area contributed by atoms with Gasteiger partial charge in [-0.3, -0.25) is 4.99 Å². The second-order valence-electron chi connectivity index (χ2n) is 11.3. The lowest BCUT2D eigenvalue weighted by molar-refractivity contribution is 0.297. The smallest absolute Gasteiger partial charge is 0.132 e. The molecule has 41 heavy (non-hydrogen) atoms. The van der Waals surface area contributed by atoms with Gasteiger partial charge in [-0.1, -0.05) is 101 Å². The van der Waals surface area contributed by atoms with E-state index in [1.807, 2.05) is 31.2 Å². The topological polar surface area (TPSA) is 90.4 Å². The van der Waals surface area contributed by atoms with E-state index in [1.54, 1.807) is 18.2 Å². The summed E-state index contributed by atoms with van der Waals surface area (Å²) >= 11 is 0. The number of unbranched alkanes of at least 4 members (excludes halogenated alkanes) is 2. The van der Waals surface area contributed by atoms with Crippen LogP contribution >= 0.6 is 0 Å². The molecule has 2 aromatic rings.